The van der Waals surface area contributed by atoms with Crippen LogP contribution >= 0.6 is 0 Å². The van der Waals surface area contributed by atoms with Gasteiger partial charge in [0.15, 0.2) is 0 Å². The van der Waals surface area contributed by atoms with Crippen LogP contribution in [0.25, 0.3) is 0 Å². The number of rotatable bonds is 4. The van der Waals surface area contributed by atoms with E-state index in [-0.39, 0.29) is 12.0 Å². The van der Waals surface area contributed by atoms with Gasteiger partial charge in [-0.3, -0.25) is 0 Å². The van der Waals surface area contributed by atoms with Crippen LogP contribution in [0.3, 0.4) is 0 Å². The van der Waals surface area contributed by atoms with Crippen LogP contribution in [0.2, 0.25) is 0 Å². The normalized spacial score (nSPS) is 13.6. The minimum absolute atomic E-state index is 0.286. The van der Waals surface area contributed by atoms with Gasteiger partial charge >= 0.3 is 5.97 Å². The summed E-state index contributed by atoms with van der Waals surface area (Å²) in [5.74, 6) is 1.30. The number of anilines is 2. The molecule has 1 aliphatic rings. The van der Waals surface area contributed by atoms with E-state index in [0.29, 0.717) is 11.5 Å². The van der Waals surface area contributed by atoms with Gasteiger partial charge in [0.25, 0.3) is 0 Å². The van der Waals surface area contributed by atoms with Crippen molar-refractivity contribution in [2.24, 2.45) is 0 Å². The average molecular weight is 340 g/mol. The second-order valence-corrected chi connectivity index (χ2v) is 6.64. The van der Waals surface area contributed by atoms with Crippen molar-refractivity contribution in [3.63, 3.8) is 0 Å². The Labute approximate surface area is 148 Å². The van der Waals surface area contributed by atoms with Gasteiger partial charge in [0.05, 0.1) is 12.7 Å². The molecule has 0 aliphatic carbocycles. The van der Waals surface area contributed by atoms with Crippen LogP contribution in [0.15, 0.2) is 24.3 Å². The number of carbonyl (C=O) groups excluding carboxylic acids is 1. The van der Waals surface area contributed by atoms with Crippen LogP contribution in [0.4, 0.5) is 11.8 Å². The number of ether oxygens (including phenoxy) is 1. The van der Waals surface area contributed by atoms with Crippen LogP contribution in [0.1, 0.15) is 41.0 Å². The van der Waals surface area contributed by atoms with Crippen molar-refractivity contribution >= 4 is 17.7 Å². The molecule has 1 aliphatic heterocycles. The standard InChI is InChI=1S/C19H24N4O2/c1-12(2)20-19-21-13(3)9-17(22-19)23-8-7-14-10-15(18(24)25-4)5-6-16(14)11-23/h5-6,9-10,12H,7-8,11H2,1-4H3,(H,20,21,22). The molecule has 6 nitrogen and oxygen atoms in total. The van der Waals surface area contributed by atoms with Gasteiger partial charge < -0.3 is 15.0 Å². The van der Waals surface area contributed by atoms with Crippen molar-refractivity contribution in [1.82, 2.24) is 9.97 Å². The van der Waals surface area contributed by atoms with E-state index in [2.05, 4.69) is 34.0 Å². The highest BCUT2D eigenvalue weighted by Crippen LogP contribution is 2.25. The smallest absolute Gasteiger partial charge is 0.337 e. The van der Waals surface area contributed by atoms with Gasteiger partial charge in [0, 0.05) is 30.9 Å². The van der Waals surface area contributed by atoms with Crippen LogP contribution in [-0.2, 0) is 17.7 Å². The van der Waals surface area contributed by atoms with Gasteiger partial charge in [0.1, 0.15) is 5.82 Å². The number of hydrogen-bond acceptors (Lipinski definition) is 6. The first-order chi connectivity index (χ1) is 12.0. The number of nitrogens with zero attached hydrogens (tertiary/aromatic N) is 3. The monoisotopic (exact) mass is 340 g/mol. The first-order valence-electron chi connectivity index (χ1n) is 8.53. The summed E-state index contributed by atoms with van der Waals surface area (Å²) >= 11 is 0. The van der Waals surface area contributed by atoms with Gasteiger partial charge in [0.2, 0.25) is 5.95 Å². The molecule has 0 atom stereocenters. The van der Waals surface area contributed by atoms with E-state index in [1.54, 1.807) is 0 Å². The molecule has 0 spiro atoms. The lowest BCUT2D eigenvalue weighted by molar-refractivity contribution is 0.0600. The molecule has 0 saturated heterocycles. The van der Waals surface area contributed by atoms with Gasteiger partial charge in [-0.2, -0.15) is 4.98 Å². The Morgan fingerprint density at radius 3 is 2.76 bits per heavy atom. The molecule has 1 aromatic carbocycles. The van der Waals surface area contributed by atoms with Gasteiger partial charge in [-0.15, -0.1) is 0 Å². The Balaban J connectivity index is 1.83. The van der Waals surface area contributed by atoms with E-state index in [4.69, 9.17) is 4.74 Å². The minimum Gasteiger partial charge on any atom is -0.465 e. The van der Waals surface area contributed by atoms with Crippen molar-refractivity contribution in [3.05, 3.63) is 46.6 Å². The molecule has 1 aromatic heterocycles. The molecule has 25 heavy (non-hydrogen) atoms. The van der Waals surface area contributed by atoms with Gasteiger partial charge in [-0.1, -0.05) is 6.07 Å². The molecule has 0 bridgehead atoms. The molecule has 2 aromatic rings. The number of carbonyl (C=O) groups is 1. The summed E-state index contributed by atoms with van der Waals surface area (Å²) in [5, 5.41) is 3.27. The highest BCUT2D eigenvalue weighted by Gasteiger charge is 2.20. The summed E-state index contributed by atoms with van der Waals surface area (Å²) in [6.07, 6.45) is 0.871. The number of benzene rings is 1. The molecular formula is C19H24N4O2. The van der Waals surface area contributed by atoms with Crippen molar-refractivity contribution in [3.8, 4) is 0 Å². The van der Waals surface area contributed by atoms with Crippen molar-refractivity contribution < 1.29 is 9.53 Å². The largest absolute Gasteiger partial charge is 0.465 e. The molecule has 3 rings (SSSR count). The van der Waals surface area contributed by atoms with Crippen molar-refractivity contribution in [2.45, 2.75) is 39.8 Å². The predicted octanol–water partition coefficient (Wildman–Crippen LogP) is 2.95. The second-order valence-electron chi connectivity index (χ2n) is 6.64. The number of fused-ring (bicyclic) bond motifs is 1. The van der Waals surface area contributed by atoms with Crippen molar-refractivity contribution in [1.29, 1.82) is 0 Å². The van der Waals surface area contributed by atoms with E-state index in [0.717, 1.165) is 31.0 Å². The summed E-state index contributed by atoms with van der Waals surface area (Å²) in [5.41, 5.74) is 3.97. The minimum atomic E-state index is -0.291. The third-order valence-electron chi connectivity index (χ3n) is 4.22. The average Bonchev–Trinajstić information content (AvgIpc) is 2.59. The third kappa shape index (κ3) is 3.90. The van der Waals surface area contributed by atoms with E-state index in [1.807, 2.05) is 31.2 Å². The number of methoxy groups -OCH3 is 1. The van der Waals surface area contributed by atoms with Crippen molar-refractivity contribution in [2.75, 3.05) is 23.9 Å². The molecule has 132 valence electrons. The van der Waals surface area contributed by atoms with Gasteiger partial charge in [-0.05, 0) is 50.5 Å². The molecule has 2 heterocycles. The Kier molecular flexibility index (Phi) is 4.88. The van der Waals surface area contributed by atoms with E-state index in [1.165, 1.54) is 18.2 Å². The molecule has 0 unspecified atom stereocenters. The number of nitrogens with one attached hydrogen (secondary N) is 1. The zero-order valence-electron chi connectivity index (χ0n) is 15.2. The Morgan fingerprint density at radius 2 is 2.04 bits per heavy atom. The van der Waals surface area contributed by atoms with E-state index in [9.17, 15) is 4.79 Å². The summed E-state index contributed by atoms with van der Waals surface area (Å²) in [6, 6.07) is 8.07. The number of aryl methyl sites for hydroxylation is 1. The highest BCUT2D eigenvalue weighted by atomic mass is 16.5. The summed E-state index contributed by atoms with van der Waals surface area (Å²) in [4.78, 5) is 23.1. The molecule has 0 amide bonds. The number of aromatic nitrogens is 2. The molecule has 0 fully saturated rings. The quantitative estimate of drug-likeness (QED) is 0.863. The molecule has 6 heteroatoms. The summed E-state index contributed by atoms with van der Waals surface area (Å²) in [7, 11) is 1.41. The fraction of sp³-hybridized carbons (Fsp3) is 0.421. The van der Waals surface area contributed by atoms with Crippen LogP contribution in [0, 0.1) is 6.92 Å². The molecular weight excluding hydrogens is 316 g/mol. The lowest BCUT2D eigenvalue weighted by Gasteiger charge is -2.30. The maximum atomic E-state index is 11.7. The lowest BCUT2D eigenvalue weighted by atomic mass is 9.97. The fourth-order valence-corrected chi connectivity index (χ4v) is 3.03. The SMILES string of the molecule is COC(=O)c1ccc2c(c1)CCN(c1cc(C)nc(NC(C)C)n1)C2. The van der Waals surface area contributed by atoms with E-state index < -0.39 is 0 Å². The maximum absolute atomic E-state index is 11.7. The Hall–Kier alpha value is -2.63. The van der Waals surface area contributed by atoms with Crippen LogP contribution < -0.4 is 10.2 Å². The molecule has 1 N–H and O–H groups in total. The first-order valence-corrected chi connectivity index (χ1v) is 8.53. The summed E-state index contributed by atoms with van der Waals surface area (Å²) in [6.45, 7) is 7.75. The molecule has 0 radical (unpaired) electrons. The fourth-order valence-electron chi connectivity index (χ4n) is 3.03. The van der Waals surface area contributed by atoms with Crippen LogP contribution in [-0.4, -0.2) is 35.6 Å². The first kappa shape index (κ1) is 17.2. The maximum Gasteiger partial charge on any atom is 0.337 e. The molecule has 0 saturated carbocycles. The highest BCUT2D eigenvalue weighted by molar-refractivity contribution is 5.89. The summed E-state index contributed by atoms with van der Waals surface area (Å²) < 4.78 is 4.80. The second kappa shape index (κ2) is 7.09. The zero-order valence-corrected chi connectivity index (χ0v) is 15.2. The van der Waals surface area contributed by atoms with Crippen LogP contribution in [0.5, 0.6) is 0 Å². The zero-order chi connectivity index (χ0) is 18.0. The third-order valence-corrected chi connectivity index (χ3v) is 4.22. The van der Waals surface area contributed by atoms with Gasteiger partial charge in [-0.25, -0.2) is 9.78 Å². The topological polar surface area (TPSA) is 67.3 Å². The number of hydrogen-bond donors (Lipinski definition) is 1. The predicted molar refractivity (Wildman–Crippen MR) is 98.1 cm³/mol. The number of esters is 1. The van der Waals surface area contributed by atoms with E-state index >= 15 is 0 Å². The Morgan fingerprint density at radius 1 is 1.24 bits per heavy atom. The lowest BCUT2D eigenvalue weighted by Crippen LogP contribution is -2.31. The Bertz CT molecular complexity index is 789.